The Kier molecular flexibility index (Phi) is 7.77. The van der Waals surface area contributed by atoms with Gasteiger partial charge in [0.25, 0.3) is 5.56 Å². The van der Waals surface area contributed by atoms with E-state index in [2.05, 4.69) is 24.4 Å². The zero-order valence-corrected chi connectivity index (χ0v) is 18.0. The number of fused-ring (bicyclic) bond motifs is 1. The van der Waals surface area contributed by atoms with E-state index in [0.29, 0.717) is 24.1 Å². The predicted molar refractivity (Wildman–Crippen MR) is 123 cm³/mol. The minimum atomic E-state index is -0.314. The molecule has 30 heavy (non-hydrogen) atoms. The van der Waals surface area contributed by atoms with Gasteiger partial charge >= 0.3 is 0 Å². The minimum Gasteiger partial charge on any atom is -0.504 e. The zero-order chi connectivity index (χ0) is 21.3. The molecule has 3 rings (SSSR count). The molecule has 0 radical (unpaired) electrons. The molecular formula is C25H32N2O3. The van der Waals surface area contributed by atoms with Crippen molar-refractivity contribution in [1.29, 1.82) is 0 Å². The molecule has 0 amide bonds. The van der Waals surface area contributed by atoms with Gasteiger partial charge in [-0.2, -0.15) is 0 Å². The van der Waals surface area contributed by atoms with Crippen LogP contribution in [-0.2, 0) is 13.6 Å². The number of pyridine rings is 1. The molecule has 5 nitrogen and oxygen atoms in total. The van der Waals surface area contributed by atoms with Gasteiger partial charge in [0.2, 0.25) is 5.75 Å². The van der Waals surface area contributed by atoms with Crippen molar-refractivity contribution in [2.24, 2.45) is 7.05 Å². The van der Waals surface area contributed by atoms with Crippen molar-refractivity contribution in [2.45, 2.75) is 52.0 Å². The maximum Gasteiger partial charge on any atom is 0.297 e. The second-order valence-corrected chi connectivity index (χ2v) is 7.73. The number of benzene rings is 2. The van der Waals surface area contributed by atoms with Crippen LogP contribution in [0, 0.1) is 0 Å². The van der Waals surface area contributed by atoms with Gasteiger partial charge in [0.15, 0.2) is 5.75 Å². The topological polar surface area (TPSA) is 63.5 Å². The Morgan fingerprint density at radius 2 is 1.73 bits per heavy atom. The fourth-order valence-electron chi connectivity index (χ4n) is 3.59. The van der Waals surface area contributed by atoms with E-state index < -0.39 is 0 Å². The average Bonchev–Trinajstić information content (AvgIpc) is 2.78. The molecule has 0 unspecified atom stereocenters. The molecule has 0 aliphatic rings. The first-order chi connectivity index (χ1) is 14.6. The van der Waals surface area contributed by atoms with Crippen LogP contribution in [0.4, 0.5) is 5.69 Å². The van der Waals surface area contributed by atoms with Crippen molar-refractivity contribution in [2.75, 3.05) is 11.9 Å². The van der Waals surface area contributed by atoms with Gasteiger partial charge < -0.3 is 19.7 Å². The first-order valence-corrected chi connectivity index (χ1v) is 10.9. The third kappa shape index (κ3) is 5.35. The lowest BCUT2D eigenvalue weighted by molar-refractivity contribution is 0.284. The maximum atomic E-state index is 12.8. The number of ether oxygens (including phenoxy) is 1. The summed E-state index contributed by atoms with van der Waals surface area (Å²) in [6.45, 7) is 3.33. The Morgan fingerprint density at radius 3 is 2.50 bits per heavy atom. The van der Waals surface area contributed by atoms with Crippen molar-refractivity contribution < 1.29 is 9.84 Å². The van der Waals surface area contributed by atoms with Crippen molar-refractivity contribution in [3.05, 3.63) is 64.4 Å². The molecule has 0 saturated heterocycles. The number of aromatic hydroxyl groups is 1. The number of unbranched alkanes of at least 4 members (excludes halogenated alkanes) is 5. The molecular weight excluding hydrogens is 376 g/mol. The van der Waals surface area contributed by atoms with Crippen LogP contribution in [0.5, 0.6) is 11.5 Å². The van der Waals surface area contributed by atoms with E-state index >= 15 is 0 Å². The fourth-order valence-corrected chi connectivity index (χ4v) is 3.59. The SMILES string of the molecule is CCCCCCCCOc1c(O)c2ccc(NCc3ccccc3)cc2n(C)c1=O. The van der Waals surface area contributed by atoms with E-state index in [-0.39, 0.29) is 17.1 Å². The summed E-state index contributed by atoms with van der Waals surface area (Å²) in [4.78, 5) is 12.8. The molecule has 2 N–H and O–H groups in total. The monoisotopic (exact) mass is 408 g/mol. The summed E-state index contributed by atoms with van der Waals surface area (Å²) in [7, 11) is 1.71. The van der Waals surface area contributed by atoms with Crippen molar-refractivity contribution in [3.8, 4) is 11.5 Å². The van der Waals surface area contributed by atoms with Gasteiger partial charge in [0, 0.05) is 24.7 Å². The highest BCUT2D eigenvalue weighted by molar-refractivity contribution is 5.89. The molecule has 3 aromatic rings. The summed E-state index contributed by atoms with van der Waals surface area (Å²) < 4.78 is 7.24. The molecule has 160 valence electrons. The van der Waals surface area contributed by atoms with Gasteiger partial charge in [-0.15, -0.1) is 0 Å². The van der Waals surface area contributed by atoms with Crippen LogP contribution in [0.15, 0.2) is 53.3 Å². The van der Waals surface area contributed by atoms with Gasteiger partial charge in [-0.25, -0.2) is 0 Å². The van der Waals surface area contributed by atoms with E-state index in [1.165, 1.54) is 31.2 Å². The summed E-state index contributed by atoms with van der Waals surface area (Å²) >= 11 is 0. The highest BCUT2D eigenvalue weighted by atomic mass is 16.5. The van der Waals surface area contributed by atoms with Crippen molar-refractivity contribution >= 4 is 16.6 Å². The summed E-state index contributed by atoms with van der Waals surface area (Å²) in [5.74, 6) is -0.0303. The third-order valence-corrected chi connectivity index (χ3v) is 5.41. The third-order valence-electron chi connectivity index (χ3n) is 5.41. The molecule has 0 aliphatic heterocycles. The molecule has 5 heteroatoms. The van der Waals surface area contributed by atoms with E-state index in [9.17, 15) is 9.90 Å². The predicted octanol–water partition coefficient (Wildman–Crippen LogP) is 5.60. The molecule has 0 bridgehead atoms. The highest BCUT2D eigenvalue weighted by Crippen LogP contribution is 2.32. The zero-order valence-electron chi connectivity index (χ0n) is 18.0. The highest BCUT2D eigenvalue weighted by Gasteiger charge is 2.16. The minimum absolute atomic E-state index is 0.0450. The second-order valence-electron chi connectivity index (χ2n) is 7.73. The number of hydrogen-bond acceptors (Lipinski definition) is 4. The summed E-state index contributed by atoms with van der Waals surface area (Å²) in [5, 5.41) is 14.6. The Bertz CT molecular complexity index is 1010. The number of hydrogen-bond donors (Lipinski definition) is 2. The second kappa shape index (κ2) is 10.7. The summed E-state index contributed by atoms with van der Waals surface area (Å²) in [5.41, 5.74) is 2.42. The Labute approximate surface area is 178 Å². The summed E-state index contributed by atoms with van der Waals surface area (Å²) in [6, 6.07) is 15.7. The van der Waals surface area contributed by atoms with Crippen molar-refractivity contribution in [1.82, 2.24) is 4.57 Å². The molecule has 0 fully saturated rings. The number of rotatable bonds is 11. The standard InChI is InChI=1S/C25H32N2O3/c1-3-4-5-6-7-11-16-30-24-23(28)21-15-14-20(17-22(21)27(2)25(24)29)26-18-19-12-9-8-10-13-19/h8-10,12-15,17,26,28H,3-7,11,16,18H2,1-2H3. The molecule has 1 aromatic heterocycles. The fraction of sp³-hybridized carbons (Fsp3) is 0.400. The first kappa shape index (κ1) is 21.8. The van der Waals surface area contributed by atoms with Crippen LogP contribution in [-0.4, -0.2) is 16.3 Å². The first-order valence-electron chi connectivity index (χ1n) is 10.9. The smallest absolute Gasteiger partial charge is 0.297 e. The van der Waals surface area contributed by atoms with Crippen LogP contribution in [0.1, 0.15) is 51.0 Å². The van der Waals surface area contributed by atoms with E-state index in [1.807, 2.05) is 36.4 Å². The molecule has 2 aromatic carbocycles. The van der Waals surface area contributed by atoms with E-state index in [4.69, 9.17) is 4.74 Å². The average molecular weight is 409 g/mol. The van der Waals surface area contributed by atoms with Gasteiger partial charge in [0.1, 0.15) is 0 Å². The quantitative estimate of drug-likeness (QED) is 0.406. The molecule has 0 spiro atoms. The van der Waals surface area contributed by atoms with Crippen LogP contribution in [0.2, 0.25) is 0 Å². The number of aryl methyl sites for hydroxylation is 1. The number of anilines is 1. The van der Waals surface area contributed by atoms with Crippen LogP contribution < -0.4 is 15.6 Å². The Morgan fingerprint density at radius 1 is 1.00 bits per heavy atom. The summed E-state index contributed by atoms with van der Waals surface area (Å²) in [6.07, 6.45) is 6.85. The van der Waals surface area contributed by atoms with E-state index in [1.54, 1.807) is 11.6 Å². The lowest BCUT2D eigenvalue weighted by atomic mass is 10.1. The van der Waals surface area contributed by atoms with Crippen LogP contribution in [0.25, 0.3) is 10.9 Å². The molecule has 1 heterocycles. The lowest BCUT2D eigenvalue weighted by Crippen LogP contribution is -2.20. The Hall–Kier alpha value is -2.95. The number of aromatic nitrogens is 1. The van der Waals surface area contributed by atoms with Gasteiger partial charge in [0.05, 0.1) is 12.1 Å². The van der Waals surface area contributed by atoms with Gasteiger partial charge in [-0.3, -0.25) is 4.79 Å². The Balaban J connectivity index is 1.70. The lowest BCUT2D eigenvalue weighted by Gasteiger charge is -2.14. The largest absolute Gasteiger partial charge is 0.504 e. The van der Waals surface area contributed by atoms with Gasteiger partial charge in [-0.1, -0.05) is 69.4 Å². The van der Waals surface area contributed by atoms with Gasteiger partial charge in [-0.05, 0) is 30.2 Å². The molecule has 0 atom stereocenters. The van der Waals surface area contributed by atoms with E-state index in [0.717, 1.165) is 18.5 Å². The van der Waals surface area contributed by atoms with Crippen molar-refractivity contribution in [3.63, 3.8) is 0 Å². The normalized spacial score (nSPS) is 11.0. The maximum absolute atomic E-state index is 12.8. The molecule has 0 saturated carbocycles. The van der Waals surface area contributed by atoms with Crippen LogP contribution in [0.3, 0.4) is 0 Å². The number of nitrogens with one attached hydrogen (secondary N) is 1. The molecule has 0 aliphatic carbocycles. The number of nitrogens with zero attached hydrogens (tertiary/aromatic N) is 1. The van der Waals surface area contributed by atoms with Crippen LogP contribution >= 0.6 is 0 Å².